The number of hydrogen-bond donors (Lipinski definition) is 2. The van der Waals surface area contributed by atoms with Gasteiger partial charge in [0.25, 0.3) is 5.91 Å². The molecule has 1 unspecified atom stereocenters. The normalized spacial score (nSPS) is 16.9. The summed E-state index contributed by atoms with van der Waals surface area (Å²) in [7, 11) is 1.61. The summed E-state index contributed by atoms with van der Waals surface area (Å²) in [5, 5.41) is 16.1. The molecule has 0 radical (unpaired) electrons. The van der Waals surface area contributed by atoms with Crippen molar-refractivity contribution in [3.63, 3.8) is 0 Å². The van der Waals surface area contributed by atoms with Crippen LogP contribution in [-0.4, -0.2) is 57.5 Å². The molecule has 0 bridgehead atoms. The highest BCUT2D eigenvalue weighted by molar-refractivity contribution is 5.95. The van der Waals surface area contributed by atoms with E-state index in [0.29, 0.717) is 19.4 Å². The van der Waals surface area contributed by atoms with Crippen LogP contribution in [0.3, 0.4) is 0 Å². The van der Waals surface area contributed by atoms with E-state index in [2.05, 4.69) is 22.5 Å². The number of rotatable bonds is 5. The largest absolute Gasteiger partial charge is 0.481 e. The lowest BCUT2D eigenvalue weighted by atomic mass is 9.98. The molecule has 0 saturated carbocycles. The van der Waals surface area contributed by atoms with Crippen molar-refractivity contribution in [1.29, 1.82) is 0 Å². The van der Waals surface area contributed by atoms with Crippen molar-refractivity contribution in [3.8, 4) is 11.1 Å². The summed E-state index contributed by atoms with van der Waals surface area (Å²) in [4.78, 5) is 38.4. The topological polar surface area (TPSA) is 114 Å². The van der Waals surface area contributed by atoms with Gasteiger partial charge in [0.1, 0.15) is 12.3 Å². The van der Waals surface area contributed by atoms with E-state index in [-0.39, 0.29) is 36.5 Å². The molecule has 2 heterocycles. The van der Waals surface area contributed by atoms with Gasteiger partial charge in [-0.1, -0.05) is 48.5 Å². The average Bonchev–Trinajstić information content (AvgIpc) is 3.39. The van der Waals surface area contributed by atoms with Crippen LogP contribution in [0.15, 0.2) is 54.6 Å². The first-order valence-corrected chi connectivity index (χ1v) is 11.6. The van der Waals surface area contributed by atoms with E-state index in [9.17, 15) is 19.5 Å². The summed E-state index contributed by atoms with van der Waals surface area (Å²) in [6.45, 7) is 0.820. The molecular weight excluding hydrogens is 448 g/mol. The number of benzene rings is 2. The Labute approximate surface area is 202 Å². The number of fused-ring (bicyclic) bond motifs is 3. The first-order valence-electron chi connectivity index (χ1n) is 11.6. The van der Waals surface area contributed by atoms with Gasteiger partial charge in [0.2, 0.25) is 0 Å². The first-order chi connectivity index (χ1) is 16.9. The minimum atomic E-state index is -0.898. The number of likely N-dealkylation sites (tertiary alicyclic amines) is 1. The lowest BCUT2D eigenvalue weighted by Crippen LogP contribution is -2.42. The highest BCUT2D eigenvalue weighted by Crippen LogP contribution is 2.44. The molecule has 5 rings (SSSR count). The van der Waals surface area contributed by atoms with Crippen molar-refractivity contribution in [2.75, 3.05) is 25.0 Å². The Balaban J connectivity index is 1.24. The third kappa shape index (κ3) is 4.37. The second-order valence-electron chi connectivity index (χ2n) is 8.92. The second kappa shape index (κ2) is 9.25. The maximum Gasteiger partial charge on any atom is 0.412 e. The number of piperidine rings is 1. The Morgan fingerprint density at radius 3 is 2.40 bits per heavy atom. The number of amides is 2. The monoisotopic (exact) mass is 474 g/mol. The molecule has 1 aliphatic heterocycles. The molecule has 1 aliphatic carbocycles. The summed E-state index contributed by atoms with van der Waals surface area (Å²) in [6.07, 6.45) is 0.526. The van der Waals surface area contributed by atoms with Gasteiger partial charge in [-0.2, -0.15) is 5.10 Å². The number of anilines is 1. The number of ether oxygens (including phenoxy) is 1. The lowest BCUT2D eigenvalue weighted by molar-refractivity contribution is -0.143. The zero-order chi connectivity index (χ0) is 24.5. The number of carbonyl (C=O) groups is 3. The van der Waals surface area contributed by atoms with Crippen LogP contribution in [0.5, 0.6) is 0 Å². The third-order valence-corrected chi connectivity index (χ3v) is 6.73. The minimum absolute atomic E-state index is 0.0599. The number of carboxylic acid groups (broad SMARTS) is 1. The molecule has 1 atom stereocenters. The summed E-state index contributed by atoms with van der Waals surface area (Å²) >= 11 is 0. The molecule has 9 heteroatoms. The van der Waals surface area contributed by atoms with Gasteiger partial charge < -0.3 is 14.7 Å². The molecule has 2 N–H and O–H groups in total. The quantitative estimate of drug-likeness (QED) is 0.583. The van der Waals surface area contributed by atoms with E-state index < -0.39 is 18.0 Å². The maximum atomic E-state index is 12.9. The van der Waals surface area contributed by atoms with Gasteiger partial charge in [-0.05, 0) is 35.1 Å². The van der Waals surface area contributed by atoms with Gasteiger partial charge in [0.15, 0.2) is 5.82 Å². The number of nitrogens with zero attached hydrogens (tertiary/aromatic N) is 3. The molecule has 1 saturated heterocycles. The zero-order valence-electron chi connectivity index (χ0n) is 19.3. The van der Waals surface area contributed by atoms with Crippen molar-refractivity contribution in [1.82, 2.24) is 14.7 Å². The van der Waals surface area contributed by atoms with Crippen LogP contribution in [0.4, 0.5) is 10.6 Å². The van der Waals surface area contributed by atoms with Gasteiger partial charge in [-0.3, -0.25) is 19.6 Å². The fraction of sp³-hybridized carbons (Fsp3) is 0.308. The van der Waals surface area contributed by atoms with Gasteiger partial charge in [0, 0.05) is 32.1 Å². The van der Waals surface area contributed by atoms with Crippen molar-refractivity contribution in [3.05, 3.63) is 71.4 Å². The number of carboxylic acids is 1. The minimum Gasteiger partial charge on any atom is -0.481 e. The van der Waals surface area contributed by atoms with Crippen LogP contribution in [-0.2, 0) is 16.6 Å². The maximum absolute atomic E-state index is 12.9. The molecule has 2 amide bonds. The molecule has 1 fully saturated rings. The Bertz CT molecular complexity index is 1250. The molecule has 3 aromatic rings. The second-order valence-corrected chi connectivity index (χ2v) is 8.92. The summed E-state index contributed by atoms with van der Waals surface area (Å²) < 4.78 is 6.93. The van der Waals surface area contributed by atoms with Crippen molar-refractivity contribution >= 4 is 23.8 Å². The van der Waals surface area contributed by atoms with Crippen LogP contribution >= 0.6 is 0 Å². The fourth-order valence-corrected chi connectivity index (χ4v) is 4.99. The fourth-order valence-electron chi connectivity index (χ4n) is 4.99. The van der Waals surface area contributed by atoms with Crippen LogP contribution in [0, 0.1) is 5.92 Å². The predicted molar refractivity (Wildman–Crippen MR) is 128 cm³/mol. The highest BCUT2D eigenvalue weighted by Gasteiger charge is 2.31. The van der Waals surface area contributed by atoms with Gasteiger partial charge in [0.05, 0.1) is 5.92 Å². The number of hydrogen-bond acceptors (Lipinski definition) is 5. The average molecular weight is 475 g/mol. The van der Waals surface area contributed by atoms with E-state index in [1.807, 2.05) is 36.4 Å². The molecule has 0 spiro atoms. The Morgan fingerprint density at radius 2 is 1.74 bits per heavy atom. The SMILES string of the molecule is Cn1nc(NC(=O)OCC2c3ccccc3-c3ccccc32)cc1C(=O)N1CCCC(C(=O)O)C1. The number of nitrogens with one attached hydrogen (secondary N) is 1. The molecule has 2 aromatic carbocycles. The number of aliphatic carboxylic acids is 1. The number of carbonyl (C=O) groups excluding carboxylic acids is 2. The van der Waals surface area contributed by atoms with E-state index in [0.717, 1.165) is 22.3 Å². The van der Waals surface area contributed by atoms with Crippen LogP contribution in [0.2, 0.25) is 0 Å². The zero-order valence-corrected chi connectivity index (χ0v) is 19.3. The smallest absolute Gasteiger partial charge is 0.412 e. The third-order valence-electron chi connectivity index (χ3n) is 6.73. The highest BCUT2D eigenvalue weighted by atomic mass is 16.5. The summed E-state index contributed by atoms with van der Waals surface area (Å²) in [6, 6.07) is 17.7. The van der Waals surface area contributed by atoms with E-state index >= 15 is 0 Å². The predicted octanol–water partition coefficient (Wildman–Crippen LogP) is 3.72. The van der Waals surface area contributed by atoms with Crippen LogP contribution < -0.4 is 5.32 Å². The Kier molecular flexibility index (Phi) is 5.98. The van der Waals surface area contributed by atoms with Crippen molar-refractivity contribution in [2.24, 2.45) is 13.0 Å². The van der Waals surface area contributed by atoms with Crippen LogP contribution in [0.25, 0.3) is 11.1 Å². The molecular formula is C26H26N4O5. The van der Waals surface area contributed by atoms with E-state index in [1.54, 1.807) is 7.05 Å². The van der Waals surface area contributed by atoms with Crippen LogP contribution in [0.1, 0.15) is 40.4 Å². The van der Waals surface area contributed by atoms with E-state index in [4.69, 9.17) is 4.74 Å². The standard InChI is InChI=1S/C26H26N4O5/c1-29-22(24(31)30-12-6-7-16(14-30)25(32)33)13-23(28-29)27-26(34)35-15-21-19-10-4-2-8-17(19)18-9-3-5-11-20(18)21/h2-5,8-11,13,16,21H,6-7,12,14-15H2,1H3,(H,32,33)(H,27,28,34). The van der Waals surface area contributed by atoms with Crippen molar-refractivity contribution in [2.45, 2.75) is 18.8 Å². The van der Waals surface area contributed by atoms with Crippen molar-refractivity contribution < 1.29 is 24.2 Å². The Morgan fingerprint density at radius 1 is 1.09 bits per heavy atom. The molecule has 9 nitrogen and oxygen atoms in total. The molecule has 180 valence electrons. The molecule has 2 aliphatic rings. The number of aromatic nitrogens is 2. The summed E-state index contributed by atoms with van der Waals surface area (Å²) in [5.41, 5.74) is 4.80. The molecule has 1 aromatic heterocycles. The van der Waals surface area contributed by atoms with Gasteiger partial charge in [-0.25, -0.2) is 4.79 Å². The van der Waals surface area contributed by atoms with Gasteiger partial charge in [-0.15, -0.1) is 0 Å². The molecule has 35 heavy (non-hydrogen) atoms. The Hall–Kier alpha value is -4.14. The van der Waals surface area contributed by atoms with Gasteiger partial charge >= 0.3 is 12.1 Å². The number of aryl methyl sites for hydroxylation is 1. The first kappa shape index (κ1) is 22.6. The summed E-state index contributed by atoms with van der Waals surface area (Å²) in [5.74, 6) is -1.65. The lowest BCUT2D eigenvalue weighted by Gasteiger charge is -2.30. The van der Waals surface area contributed by atoms with E-state index in [1.165, 1.54) is 15.6 Å².